The van der Waals surface area contributed by atoms with Crippen LogP contribution in [-0.4, -0.2) is 20.9 Å². The summed E-state index contributed by atoms with van der Waals surface area (Å²) in [6, 6.07) is 12.0. The van der Waals surface area contributed by atoms with Crippen molar-refractivity contribution in [2.45, 2.75) is 4.90 Å². The fraction of sp³-hybridized carbons (Fsp3) is 0.0714. The molecule has 0 saturated heterocycles. The third-order valence-electron chi connectivity index (χ3n) is 2.59. The van der Waals surface area contributed by atoms with Crippen LogP contribution in [0, 0.1) is 0 Å². The average molecular weight is 341 g/mol. The highest BCUT2D eigenvalue weighted by atomic mass is 35.5. The van der Waals surface area contributed by atoms with Crippen molar-refractivity contribution in [3.63, 3.8) is 0 Å². The van der Waals surface area contributed by atoms with E-state index >= 15 is 0 Å². The van der Waals surface area contributed by atoms with Crippen LogP contribution in [0.2, 0.25) is 5.02 Å². The van der Waals surface area contributed by atoms with E-state index in [2.05, 4.69) is 4.72 Å². The summed E-state index contributed by atoms with van der Waals surface area (Å²) in [7, 11) is -3.72. The largest absolute Gasteiger partial charge is 0.484 e. The van der Waals surface area contributed by atoms with Crippen molar-refractivity contribution in [3.05, 3.63) is 53.6 Å². The van der Waals surface area contributed by atoms with Crippen LogP contribution in [0.4, 0.5) is 5.69 Å². The molecule has 2 aromatic rings. The molecule has 0 fully saturated rings. The molecule has 3 N–H and O–H groups in total. The average Bonchev–Trinajstić information content (AvgIpc) is 2.46. The summed E-state index contributed by atoms with van der Waals surface area (Å²) in [5, 5.41) is 0.332. The van der Waals surface area contributed by atoms with Gasteiger partial charge in [0.1, 0.15) is 5.75 Å². The Kier molecular flexibility index (Phi) is 4.89. The Morgan fingerprint density at radius 1 is 1.18 bits per heavy atom. The standard InChI is InChI=1S/C14H13ClN2O4S/c15-10-2-1-3-13(8-10)22(19,20)17-11-4-6-12(7-5-11)21-9-14(16)18/h1-8,17H,9H2,(H2,16,18). The molecule has 6 nitrogen and oxygen atoms in total. The first kappa shape index (κ1) is 16.1. The molecule has 0 saturated carbocycles. The number of halogens is 1. The Bertz CT molecular complexity index is 776. The molecular weight excluding hydrogens is 328 g/mol. The molecule has 0 aliphatic heterocycles. The van der Waals surface area contributed by atoms with Gasteiger partial charge in [-0.1, -0.05) is 17.7 Å². The lowest BCUT2D eigenvalue weighted by atomic mass is 10.3. The van der Waals surface area contributed by atoms with Gasteiger partial charge in [0.25, 0.3) is 15.9 Å². The normalized spacial score (nSPS) is 11.0. The van der Waals surface area contributed by atoms with Gasteiger partial charge in [-0.3, -0.25) is 9.52 Å². The summed E-state index contributed by atoms with van der Waals surface area (Å²) < 4.78 is 31.9. The molecule has 0 aliphatic carbocycles. The van der Waals surface area contributed by atoms with Gasteiger partial charge in [-0.25, -0.2) is 8.42 Å². The molecule has 22 heavy (non-hydrogen) atoms. The van der Waals surface area contributed by atoms with Crippen LogP contribution in [0.15, 0.2) is 53.4 Å². The second-order valence-corrected chi connectivity index (χ2v) is 6.46. The van der Waals surface area contributed by atoms with Crippen molar-refractivity contribution in [2.24, 2.45) is 5.73 Å². The van der Waals surface area contributed by atoms with E-state index in [9.17, 15) is 13.2 Å². The molecule has 0 spiro atoms. The highest BCUT2D eigenvalue weighted by molar-refractivity contribution is 7.92. The monoisotopic (exact) mass is 340 g/mol. The van der Waals surface area contributed by atoms with Crippen molar-refractivity contribution in [3.8, 4) is 5.75 Å². The van der Waals surface area contributed by atoms with Gasteiger partial charge in [0.05, 0.1) is 4.90 Å². The fourth-order valence-corrected chi connectivity index (χ4v) is 2.98. The summed E-state index contributed by atoms with van der Waals surface area (Å²) in [5.41, 5.74) is 5.32. The van der Waals surface area contributed by atoms with Crippen molar-refractivity contribution in [2.75, 3.05) is 11.3 Å². The highest BCUT2D eigenvalue weighted by Crippen LogP contribution is 2.21. The van der Waals surface area contributed by atoms with E-state index in [4.69, 9.17) is 22.1 Å². The molecule has 0 atom stereocenters. The molecular formula is C14H13ClN2O4S. The molecule has 0 radical (unpaired) electrons. The Labute approximate surface area is 132 Å². The molecule has 2 aromatic carbocycles. The lowest BCUT2D eigenvalue weighted by Crippen LogP contribution is -2.20. The van der Waals surface area contributed by atoms with Gasteiger partial charge in [-0.2, -0.15) is 0 Å². The van der Waals surface area contributed by atoms with E-state index in [1.165, 1.54) is 36.4 Å². The summed E-state index contributed by atoms with van der Waals surface area (Å²) >= 11 is 5.79. The maximum absolute atomic E-state index is 12.2. The number of hydrogen-bond acceptors (Lipinski definition) is 4. The van der Waals surface area contributed by atoms with E-state index in [-0.39, 0.29) is 11.5 Å². The van der Waals surface area contributed by atoms with Gasteiger partial charge >= 0.3 is 0 Å². The Hall–Kier alpha value is -2.25. The molecule has 0 bridgehead atoms. The van der Waals surface area contributed by atoms with Crippen LogP contribution in [0.3, 0.4) is 0 Å². The smallest absolute Gasteiger partial charge is 0.261 e. The first-order valence-corrected chi connectivity index (χ1v) is 8.02. The summed E-state index contributed by atoms with van der Waals surface area (Å²) in [5.74, 6) is -0.185. The number of carbonyl (C=O) groups is 1. The number of hydrogen-bond donors (Lipinski definition) is 2. The van der Waals surface area contributed by atoms with Gasteiger partial charge in [0, 0.05) is 10.7 Å². The summed E-state index contributed by atoms with van der Waals surface area (Å²) in [4.78, 5) is 10.7. The summed E-state index contributed by atoms with van der Waals surface area (Å²) in [6.07, 6.45) is 0. The topological polar surface area (TPSA) is 98.5 Å². The molecule has 0 heterocycles. The first-order chi connectivity index (χ1) is 10.4. The van der Waals surface area contributed by atoms with Crippen molar-refractivity contribution in [1.82, 2.24) is 0 Å². The molecule has 0 aliphatic rings. The predicted molar refractivity (Wildman–Crippen MR) is 83.4 cm³/mol. The van der Waals surface area contributed by atoms with Crippen LogP contribution < -0.4 is 15.2 Å². The number of nitrogens with one attached hydrogen (secondary N) is 1. The number of anilines is 1. The van der Waals surface area contributed by atoms with Gasteiger partial charge < -0.3 is 10.5 Å². The number of sulfonamides is 1. The molecule has 0 aromatic heterocycles. The zero-order valence-electron chi connectivity index (χ0n) is 11.3. The van der Waals surface area contributed by atoms with Crippen molar-refractivity contribution in [1.29, 1.82) is 0 Å². The second-order valence-electron chi connectivity index (χ2n) is 4.34. The van der Waals surface area contributed by atoms with Crippen LogP contribution in [0.1, 0.15) is 0 Å². The maximum Gasteiger partial charge on any atom is 0.261 e. The molecule has 8 heteroatoms. The van der Waals surface area contributed by atoms with E-state index in [1.807, 2.05) is 0 Å². The Morgan fingerprint density at radius 2 is 1.86 bits per heavy atom. The van der Waals surface area contributed by atoms with E-state index in [0.717, 1.165) is 0 Å². The van der Waals surface area contributed by atoms with Crippen LogP contribution in [0.25, 0.3) is 0 Å². The molecule has 0 unspecified atom stereocenters. The number of ether oxygens (including phenoxy) is 1. The van der Waals surface area contributed by atoms with E-state index in [0.29, 0.717) is 16.5 Å². The van der Waals surface area contributed by atoms with Crippen molar-refractivity contribution < 1.29 is 17.9 Å². The van der Waals surface area contributed by atoms with Crippen LogP contribution in [0.5, 0.6) is 5.75 Å². The minimum Gasteiger partial charge on any atom is -0.484 e. The molecule has 1 amide bonds. The number of primary amides is 1. The third kappa shape index (κ3) is 4.37. The number of nitrogens with two attached hydrogens (primary N) is 1. The first-order valence-electron chi connectivity index (χ1n) is 6.16. The Morgan fingerprint density at radius 3 is 2.45 bits per heavy atom. The highest BCUT2D eigenvalue weighted by Gasteiger charge is 2.14. The minimum absolute atomic E-state index is 0.0639. The van der Waals surface area contributed by atoms with Gasteiger partial charge in [-0.05, 0) is 42.5 Å². The molecule has 116 valence electrons. The van der Waals surface area contributed by atoms with Crippen LogP contribution >= 0.6 is 11.6 Å². The van der Waals surface area contributed by atoms with Gasteiger partial charge in [0.15, 0.2) is 6.61 Å². The minimum atomic E-state index is -3.72. The second kappa shape index (κ2) is 6.67. The van der Waals surface area contributed by atoms with Gasteiger partial charge in [0.2, 0.25) is 0 Å². The molecule has 2 rings (SSSR count). The quantitative estimate of drug-likeness (QED) is 0.840. The Balaban J connectivity index is 2.11. The number of rotatable bonds is 6. The van der Waals surface area contributed by atoms with Gasteiger partial charge in [-0.15, -0.1) is 0 Å². The van der Waals surface area contributed by atoms with E-state index in [1.54, 1.807) is 12.1 Å². The zero-order valence-corrected chi connectivity index (χ0v) is 12.9. The van der Waals surface area contributed by atoms with Crippen LogP contribution in [-0.2, 0) is 14.8 Å². The number of amides is 1. The summed E-state index contributed by atoms with van der Waals surface area (Å²) in [6.45, 7) is -0.242. The predicted octanol–water partition coefficient (Wildman–Crippen LogP) is 2.00. The zero-order chi connectivity index (χ0) is 16.2. The third-order valence-corrected chi connectivity index (χ3v) is 4.21. The lowest BCUT2D eigenvalue weighted by Gasteiger charge is -2.09. The number of carbonyl (C=O) groups excluding carboxylic acids is 1. The fourth-order valence-electron chi connectivity index (χ4n) is 1.62. The van der Waals surface area contributed by atoms with Crippen molar-refractivity contribution >= 4 is 33.2 Å². The SMILES string of the molecule is NC(=O)COc1ccc(NS(=O)(=O)c2cccc(Cl)c2)cc1. The maximum atomic E-state index is 12.2. The lowest BCUT2D eigenvalue weighted by molar-refractivity contribution is -0.119. The van der Waals surface area contributed by atoms with E-state index < -0.39 is 15.9 Å². The number of benzene rings is 2.